The molecule has 0 saturated heterocycles. The molecule has 6 nitrogen and oxygen atoms in total. The number of hydrogen-bond donors (Lipinski definition) is 0. The standard InChI is InChI=1S/C27H33N5O/c1-6-15-31(16-7-2)27-28-25-23(26(33)30(27)5)24(22-14-13-19(3)17-20(22)4)32(29-25)18-21-11-9-8-10-12-21/h8-14,17H,6-7,15-16,18H2,1-5H3. The van der Waals surface area contributed by atoms with E-state index in [1.807, 2.05) is 29.9 Å². The average Bonchev–Trinajstić information content (AvgIpc) is 3.14. The molecule has 0 amide bonds. The molecule has 0 unspecified atom stereocenters. The molecule has 172 valence electrons. The minimum atomic E-state index is -0.0542. The van der Waals surface area contributed by atoms with Gasteiger partial charge in [0.1, 0.15) is 5.39 Å². The maximum atomic E-state index is 13.7. The fraction of sp³-hybridized carbons (Fsp3) is 0.370. The fourth-order valence-electron chi connectivity index (χ4n) is 4.51. The Balaban J connectivity index is 1.99. The molecular formula is C27H33N5O. The number of hydrogen-bond acceptors (Lipinski definition) is 4. The summed E-state index contributed by atoms with van der Waals surface area (Å²) in [4.78, 5) is 20.9. The van der Waals surface area contributed by atoms with Gasteiger partial charge in [0, 0.05) is 25.7 Å². The number of nitrogens with zero attached hydrogens (tertiary/aromatic N) is 5. The second-order valence-corrected chi connectivity index (χ2v) is 8.77. The van der Waals surface area contributed by atoms with Crippen molar-refractivity contribution in [1.29, 1.82) is 0 Å². The van der Waals surface area contributed by atoms with E-state index in [0.29, 0.717) is 23.5 Å². The van der Waals surface area contributed by atoms with Gasteiger partial charge in [-0.05, 0) is 37.8 Å². The lowest BCUT2D eigenvalue weighted by Crippen LogP contribution is -2.33. The minimum absolute atomic E-state index is 0.0542. The van der Waals surface area contributed by atoms with Gasteiger partial charge < -0.3 is 4.90 Å². The number of aromatic nitrogens is 4. The van der Waals surface area contributed by atoms with Crippen molar-refractivity contribution in [3.63, 3.8) is 0 Å². The second-order valence-electron chi connectivity index (χ2n) is 8.77. The fourth-order valence-corrected chi connectivity index (χ4v) is 4.51. The SMILES string of the molecule is CCCN(CCC)c1nc2nn(Cc3ccccc3)c(-c3ccc(C)cc3C)c2c(=O)n1C. The minimum Gasteiger partial charge on any atom is -0.342 e. The van der Waals surface area contributed by atoms with Gasteiger partial charge in [-0.1, -0.05) is 67.9 Å². The van der Waals surface area contributed by atoms with Gasteiger partial charge in [0.2, 0.25) is 5.95 Å². The summed E-state index contributed by atoms with van der Waals surface area (Å²) in [5.74, 6) is 0.688. The Labute approximate surface area is 195 Å². The first kappa shape index (κ1) is 22.8. The molecule has 0 spiro atoms. The molecule has 0 atom stereocenters. The van der Waals surface area contributed by atoms with E-state index in [2.05, 4.69) is 62.9 Å². The lowest BCUT2D eigenvalue weighted by atomic mass is 10.0. The Morgan fingerprint density at radius 3 is 2.30 bits per heavy atom. The summed E-state index contributed by atoms with van der Waals surface area (Å²) in [6.07, 6.45) is 1.98. The zero-order chi connectivity index (χ0) is 23.5. The summed E-state index contributed by atoms with van der Waals surface area (Å²) < 4.78 is 3.63. The molecule has 4 rings (SSSR count). The Bertz CT molecular complexity index is 1310. The van der Waals surface area contributed by atoms with Crippen molar-refractivity contribution >= 4 is 17.0 Å². The van der Waals surface area contributed by atoms with Crippen molar-refractivity contribution in [3.8, 4) is 11.3 Å². The monoisotopic (exact) mass is 443 g/mol. The molecule has 0 N–H and O–H groups in total. The first-order chi connectivity index (χ1) is 15.9. The van der Waals surface area contributed by atoms with Crippen LogP contribution >= 0.6 is 0 Å². The average molecular weight is 444 g/mol. The maximum Gasteiger partial charge on any atom is 0.266 e. The van der Waals surface area contributed by atoms with E-state index in [0.717, 1.165) is 48.3 Å². The van der Waals surface area contributed by atoms with Crippen LogP contribution in [0.2, 0.25) is 0 Å². The van der Waals surface area contributed by atoms with Crippen LogP contribution < -0.4 is 10.5 Å². The van der Waals surface area contributed by atoms with Crippen LogP contribution in [-0.4, -0.2) is 32.4 Å². The van der Waals surface area contributed by atoms with Crippen LogP contribution in [-0.2, 0) is 13.6 Å². The van der Waals surface area contributed by atoms with Crippen LogP contribution in [0.4, 0.5) is 5.95 Å². The first-order valence-corrected chi connectivity index (χ1v) is 11.8. The van der Waals surface area contributed by atoms with Crippen LogP contribution in [0.1, 0.15) is 43.4 Å². The molecule has 0 saturated carbocycles. The van der Waals surface area contributed by atoms with Crippen LogP contribution in [0.3, 0.4) is 0 Å². The summed E-state index contributed by atoms with van der Waals surface area (Å²) in [7, 11) is 1.82. The third-order valence-corrected chi connectivity index (χ3v) is 6.04. The van der Waals surface area contributed by atoms with Crippen LogP contribution in [0, 0.1) is 13.8 Å². The molecule has 0 aliphatic heterocycles. The zero-order valence-corrected chi connectivity index (χ0v) is 20.3. The van der Waals surface area contributed by atoms with Crippen molar-refractivity contribution in [2.24, 2.45) is 7.05 Å². The van der Waals surface area contributed by atoms with Gasteiger partial charge in [-0.15, -0.1) is 0 Å². The van der Waals surface area contributed by atoms with Crippen molar-refractivity contribution < 1.29 is 0 Å². The van der Waals surface area contributed by atoms with Crippen LogP contribution in [0.5, 0.6) is 0 Å². The van der Waals surface area contributed by atoms with Gasteiger partial charge in [0.15, 0.2) is 5.65 Å². The van der Waals surface area contributed by atoms with Gasteiger partial charge in [0.25, 0.3) is 5.56 Å². The maximum absolute atomic E-state index is 13.7. The summed E-state index contributed by atoms with van der Waals surface area (Å²) in [6.45, 7) is 10.7. The molecule has 2 aromatic carbocycles. The third-order valence-electron chi connectivity index (χ3n) is 6.04. The molecule has 0 aliphatic rings. The Morgan fingerprint density at radius 1 is 0.970 bits per heavy atom. The largest absolute Gasteiger partial charge is 0.342 e. The van der Waals surface area contributed by atoms with Gasteiger partial charge in [-0.3, -0.25) is 14.0 Å². The van der Waals surface area contributed by atoms with E-state index in [1.54, 1.807) is 4.57 Å². The Morgan fingerprint density at radius 2 is 1.67 bits per heavy atom. The number of aryl methyl sites for hydroxylation is 2. The summed E-state index contributed by atoms with van der Waals surface area (Å²) >= 11 is 0. The first-order valence-electron chi connectivity index (χ1n) is 11.8. The molecular weight excluding hydrogens is 410 g/mol. The quantitative estimate of drug-likeness (QED) is 0.381. The molecule has 0 radical (unpaired) electrons. The van der Waals surface area contributed by atoms with E-state index in [-0.39, 0.29) is 5.56 Å². The number of rotatable bonds is 8. The molecule has 0 fully saturated rings. The molecule has 2 aromatic heterocycles. The predicted octanol–water partition coefficient (Wildman–Crippen LogP) is 5.09. The normalized spacial score (nSPS) is 11.3. The van der Waals surface area contributed by atoms with E-state index in [1.165, 1.54) is 5.56 Å². The molecule has 0 bridgehead atoms. The topological polar surface area (TPSA) is 56.0 Å². The van der Waals surface area contributed by atoms with Gasteiger partial charge in [-0.2, -0.15) is 10.1 Å². The highest BCUT2D eigenvalue weighted by Crippen LogP contribution is 2.31. The van der Waals surface area contributed by atoms with Gasteiger partial charge in [0.05, 0.1) is 12.2 Å². The number of benzene rings is 2. The third kappa shape index (κ3) is 4.42. The van der Waals surface area contributed by atoms with Crippen molar-refractivity contribution in [3.05, 3.63) is 75.6 Å². The van der Waals surface area contributed by atoms with Gasteiger partial charge >= 0.3 is 0 Å². The molecule has 0 aliphatic carbocycles. The molecule has 6 heteroatoms. The van der Waals surface area contributed by atoms with E-state index in [9.17, 15) is 4.79 Å². The predicted molar refractivity (Wildman–Crippen MR) is 136 cm³/mol. The lowest BCUT2D eigenvalue weighted by Gasteiger charge is -2.24. The van der Waals surface area contributed by atoms with Crippen LogP contribution in [0.15, 0.2) is 53.3 Å². The summed E-state index contributed by atoms with van der Waals surface area (Å²) in [5, 5.41) is 5.46. The molecule has 2 heterocycles. The van der Waals surface area contributed by atoms with Crippen LogP contribution in [0.25, 0.3) is 22.3 Å². The summed E-state index contributed by atoms with van der Waals surface area (Å²) in [6, 6.07) is 16.6. The Kier molecular flexibility index (Phi) is 6.63. The Hall–Kier alpha value is -3.41. The highest BCUT2D eigenvalue weighted by molar-refractivity contribution is 5.92. The van der Waals surface area contributed by atoms with Crippen molar-refractivity contribution in [2.45, 2.75) is 47.1 Å². The molecule has 33 heavy (non-hydrogen) atoms. The second kappa shape index (κ2) is 9.61. The number of anilines is 1. The zero-order valence-electron chi connectivity index (χ0n) is 20.3. The lowest BCUT2D eigenvalue weighted by molar-refractivity contribution is 0.681. The van der Waals surface area contributed by atoms with Crippen molar-refractivity contribution in [1.82, 2.24) is 19.3 Å². The smallest absolute Gasteiger partial charge is 0.266 e. The number of fused-ring (bicyclic) bond motifs is 1. The molecule has 4 aromatic rings. The van der Waals surface area contributed by atoms with Gasteiger partial charge in [-0.25, -0.2) is 0 Å². The van der Waals surface area contributed by atoms with Crippen molar-refractivity contribution in [2.75, 3.05) is 18.0 Å². The highest BCUT2D eigenvalue weighted by atomic mass is 16.1. The summed E-state index contributed by atoms with van der Waals surface area (Å²) in [5.41, 5.74) is 5.76. The van der Waals surface area contributed by atoms with E-state index >= 15 is 0 Å². The highest BCUT2D eigenvalue weighted by Gasteiger charge is 2.23. The van der Waals surface area contributed by atoms with E-state index < -0.39 is 0 Å². The van der Waals surface area contributed by atoms with E-state index in [4.69, 9.17) is 10.1 Å².